The van der Waals surface area contributed by atoms with E-state index in [1.54, 1.807) is 7.11 Å². The molecular weight excluding hydrogens is 286 g/mol. The molecule has 0 aliphatic heterocycles. The fourth-order valence-corrected chi connectivity index (χ4v) is 3.43. The topological polar surface area (TPSA) is 46.1 Å². The highest BCUT2D eigenvalue weighted by Gasteiger charge is 2.38. The van der Waals surface area contributed by atoms with Crippen molar-refractivity contribution in [3.63, 3.8) is 0 Å². The largest absolute Gasteiger partial charge is 1.00 e. The van der Waals surface area contributed by atoms with Crippen LogP contribution in [-0.2, 0) is 0 Å². The summed E-state index contributed by atoms with van der Waals surface area (Å²) >= 11 is 0. The molecule has 120 valence electrons. The number of benzene rings is 1. The van der Waals surface area contributed by atoms with Crippen molar-refractivity contribution in [3.05, 3.63) is 29.8 Å². The first-order chi connectivity index (χ1) is 9.69. The molecule has 1 aromatic rings. The van der Waals surface area contributed by atoms with E-state index in [2.05, 4.69) is 24.5 Å². The van der Waals surface area contributed by atoms with Crippen LogP contribution in [0.1, 0.15) is 50.0 Å². The van der Waals surface area contributed by atoms with Gasteiger partial charge in [0.1, 0.15) is 5.75 Å². The Morgan fingerprint density at radius 3 is 2.33 bits per heavy atom. The Kier molecular flexibility index (Phi) is 7.50. The fourth-order valence-electron chi connectivity index (χ4n) is 3.43. The van der Waals surface area contributed by atoms with Crippen LogP contribution in [0.15, 0.2) is 24.3 Å². The Balaban J connectivity index is 0.00000220. The highest BCUT2D eigenvalue weighted by Crippen LogP contribution is 2.41. The van der Waals surface area contributed by atoms with Crippen molar-refractivity contribution in [3.8, 4) is 5.75 Å². The molecular formula is C17H28ClNO2. The molecule has 3 N–H and O–H groups in total. The van der Waals surface area contributed by atoms with Crippen LogP contribution < -0.4 is 22.5 Å². The van der Waals surface area contributed by atoms with E-state index >= 15 is 0 Å². The predicted octanol–water partition coefficient (Wildman–Crippen LogP) is -0.939. The van der Waals surface area contributed by atoms with Gasteiger partial charge in [-0.25, -0.2) is 0 Å². The standard InChI is InChI=1S/C17H27NO2.ClH/c1-18-13-10-16(17(19)11-4-3-5-12-17)14-6-8-15(20-2)9-7-14;/h6-9,16,18-19H,3-5,10-13H2,1-2H3;1H. The van der Waals surface area contributed by atoms with E-state index in [1.807, 2.05) is 12.1 Å². The summed E-state index contributed by atoms with van der Waals surface area (Å²) < 4.78 is 5.23. The lowest BCUT2D eigenvalue weighted by Gasteiger charge is -2.39. The Morgan fingerprint density at radius 2 is 1.81 bits per heavy atom. The van der Waals surface area contributed by atoms with E-state index in [9.17, 15) is 5.11 Å². The molecule has 0 bridgehead atoms. The van der Waals surface area contributed by atoms with E-state index in [-0.39, 0.29) is 18.3 Å². The summed E-state index contributed by atoms with van der Waals surface area (Å²) in [6.07, 6.45) is 6.47. The molecule has 0 saturated heterocycles. The van der Waals surface area contributed by atoms with Crippen molar-refractivity contribution >= 4 is 0 Å². The van der Waals surface area contributed by atoms with Crippen molar-refractivity contribution in [1.29, 1.82) is 0 Å². The molecule has 21 heavy (non-hydrogen) atoms. The maximum absolute atomic E-state index is 11.1. The second-order valence-corrected chi connectivity index (χ2v) is 5.98. The van der Waals surface area contributed by atoms with Gasteiger partial charge in [0, 0.05) is 12.3 Å². The van der Waals surface area contributed by atoms with E-state index < -0.39 is 5.60 Å². The normalized spacial score (nSPS) is 18.6. The van der Waals surface area contributed by atoms with Crippen LogP contribution in [0.4, 0.5) is 0 Å². The van der Waals surface area contributed by atoms with Crippen LogP contribution in [0.3, 0.4) is 0 Å². The quantitative estimate of drug-likeness (QED) is 0.712. The minimum absolute atomic E-state index is 0. The van der Waals surface area contributed by atoms with Crippen molar-refractivity contribution in [2.75, 3.05) is 20.7 Å². The highest BCUT2D eigenvalue weighted by atomic mass is 35.5. The molecule has 1 atom stereocenters. The fraction of sp³-hybridized carbons (Fsp3) is 0.647. The van der Waals surface area contributed by atoms with Crippen LogP contribution in [0.25, 0.3) is 0 Å². The predicted molar refractivity (Wildman–Crippen MR) is 81.1 cm³/mol. The number of aliphatic hydroxyl groups is 1. The van der Waals surface area contributed by atoms with Gasteiger partial charge in [0.05, 0.1) is 26.3 Å². The number of quaternary nitrogens is 1. The third kappa shape index (κ3) is 4.60. The van der Waals surface area contributed by atoms with E-state index in [0.717, 1.165) is 44.4 Å². The molecule has 0 radical (unpaired) electrons. The van der Waals surface area contributed by atoms with Gasteiger partial charge in [-0.1, -0.05) is 31.4 Å². The summed E-state index contributed by atoms with van der Waals surface area (Å²) in [5.74, 6) is 1.12. The van der Waals surface area contributed by atoms with Gasteiger partial charge >= 0.3 is 0 Å². The Morgan fingerprint density at radius 1 is 1.19 bits per heavy atom. The number of hydrogen-bond donors (Lipinski definition) is 2. The first kappa shape index (κ1) is 18.3. The summed E-state index contributed by atoms with van der Waals surface area (Å²) in [6.45, 7) is 1.05. The SMILES string of the molecule is C[NH2+]CCC(c1ccc(OC)cc1)C1(O)CCCCC1.[Cl-]. The number of halogens is 1. The number of ether oxygens (including phenoxy) is 1. The minimum Gasteiger partial charge on any atom is -1.00 e. The summed E-state index contributed by atoms with van der Waals surface area (Å²) in [5, 5.41) is 13.3. The van der Waals surface area contributed by atoms with Crippen molar-refractivity contribution < 1.29 is 27.6 Å². The molecule has 1 aromatic carbocycles. The second-order valence-electron chi connectivity index (χ2n) is 5.98. The van der Waals surface area contributed by atoms with Crippen LogP contribution in [-0.4, -0.2) is 31.4 Å². The van der Waals surface area contributed by atoms with Crippen LogP contribution in [0.5, 0.6) is 5.75 Å². The Labute approximate surface area is 134 Å². The first-order valence-corrected chi connectivity index (χ1v) is 7.84. The third-order valence-electron chi connectivity index (χ3n) is 4.63. The highest BCUT2D eigenvalue weighted by molar-refractivity contribution is 5.31. The Hall–Kier alpha value is -0.770. The average molecular weight is 314 g/mol. The van der Waals surface area contributed by atoms with Gasteiger partial charge in [-0.05, 0) is 30.5 Å². The molecule has 0 heterocycles. The number of methoxy groups -OCH3 is 1. The smallest absolute Gasteiger partial charge is 0.118 e. The lowest BCUT2D eigenvalue weighted by molar-refractivity contribution is -0.627. The number of hydrogen-bond acceptors (Lipinski definition) is 2. The molecule has 0 aromatic heterocycles. The Bertz CT molecular complexity index is 402. The summed E-state index contributed by atoms with van der Waals surface area (Å²) in [7, 11) is 3.78. The van der Waals surface area contributed by atoms with Gasteiger partial charge in [-0.2, -0.15) is 0 Å². The molecule has 1 aliphatic rings. The molecule has 1 aliphatic carbocycles. The molecule has 0 spiro atoms. The third-order valence-corrected chi connectivity index (χ3v) is 4.63. The van der Waals surface area contributed by atoms with E-state index in [4.69, 9.17) is 4.74 Å². The molecule has 0 amide bonds. The zero-order chi connectivity index (χ0) is 14.4. The van der Waals surface area contributed by atoms with Crippen LogP contribution in [0, 0.1) is 0 Å². The molecule has 4 heteroatoms. The second kappa shape index (κ2) is 8.62. The van der Waals surface area contributed by atoms with Crippen LogP contribution in [0.2, 0.25) is 0 Å². The number of rotatable bonds is 6. The molecule has 1 saturated carbocycles. The molecule has 1 unspecified atom stereocenters. The van der Waals surface area contributed by atoms with Gasteiger partial charge in [0.15, 0.2) is 0 Å². The van der Waals surface area contributed by atoms with Crippen molar-refractivity contribution in [1.82, 2.24) is 0 Å². The van der Waals surface area contributed by atoms with Gasteiger partial charge in [-0.15, -0.1) is 0 Å². The monoisotopic (exact) mass is 313 g/mol. The minimum atomic E-state index is -0.518. The maximum atomic E-state index is 11.1. The molecule has 3 nitrogen and oxygen atoms in total. The lowest BCUT2D eigenvalue weighted by atomic mass is 9.71. The summed E-state index contributed by atoms with van der Waals surface area (Å²) in [6, 6.07) is 8.24. The lowest BCUT2D eigenvalue weighted by Crippen LogP contribution is -3.00. The van der Waals surface area contributed by atoms with Crippen LogP contribution >= 0.6 is 0 Å². The van der Waals surface area contributed by atoms with Gasteiger partial charge in [0.25, 0.3) is 0 Å². The maximum Gasteiger partial charge on any atom is 0.118 e. The van der Waals surface area contributed by atoms with Crippen molar-refractivity contribution in [2.24, 2.45) is 0 Å². The first-order valence-electron chi connectivity index (χ1n) is 7.84. The van der Waals surface area contributed by atoms with E-state index in [0.29, 0.717) is 0 Å². The molecule has 2 rings (SSSR count). The number of nitrogens with two attached hydrogens (primary N) is 1. The van der Waals surface area contributed by atoms with Crippen molar-refractivity contribution in [2.45, 2.75) is 50.0 Å². The molecule has 1 fully saturated rings. The van der Waals surface area contributed by atoms with Gasteiger partial charge in [0.2, 0.25) is 0 Å². The summed E-state index contributed by atoms with van der Waals surface area (Å²) in [5.41, 5.74) is 0.729. The van der Waals surface area contributed by atoms with Gasteiger partial charge in [-0.3, -0.25) is 0 Å². The van der Waals surface area contributed by atoms with Gasteiger partial charge < -0.3 is 27.6 Å². The summed E-state index contributed by atoms with van der Waals surface area (Å²) in [4.78, 5) is 0. The zero-order valence-corrected chi connectivity index (χ0v) is 13.9. The van der Waals surface area contributed by atoms with E-state index in [1.165, 1.54) is 12.0 Å². The zero-order valence-electron chi connectivity index (χ0n) is 13.1. The average Bonchev–Trinajstić information content (AvgIpc) is 2.49.